The van der Waals surface area contributed by atoms with Crippen LogP contribution in [0.15, 0.2) is 29.2 Å². The highest BCUT2D eigenvalue weighted by Gasteiger charge is 2.33. The lowest BCUT2D eigenvalue weighted by molar-refractivity contribution is -0.141. The number of aliphatic carboxylic acids is 1. The molecule has 0 spiro atoms. The quantitative estimate of drug-likeness (QED) is 0.531. The van der Waals surface area contributed by atoms with Crippen LogP contribution in [0.2, 0.25) is 0 Å². The van der Waals surface area contributed by atoms with Crippen LogP contribution in [0.5, 0.6) is 5.75 Å². The predicted molar refractivity (Wildman–Crippen MR) is 93.2 cm³/mol. The van der Waals surface area contributed by atoms with Crippen molar-refractivity contribution in [2.45, 2.75) is 13.0 Å². The molecule has 0 aromatic heterocycles. The third-order valence-electron chi connectivity index (χ3n) is 3.15. The SMILES string of the molecule is CC(NC(=O)CN1C(=O)/C(=C/c2ccccc2O)SC1=S)C(=O)O. The molecule has 24 heavy (non-hydrogen) atoms. The molecule has 0 radical (unpaired) electrons. The average Bonchev–Trinajstić information content (AvgIpc) is 2.77. The Labute approximate surface area is 147 Å². The van der Waals surface area contributed by atoms with Gasteiger partial charge in [-0.15, -0.1) is 0 Å². The molecular weight excluding hydrogens is 352 g/mol. The van der Waals surface area contributed by atoms with Crippen LogP contribution in [0.3, 0.4) is 0 Å². The van der Waals surface area contributed by atoms with E-state index in [1.165, 1.54) is 19.1 Å². The van der Waals surface area contributed by atoms with Crippen LogP contribution in [0.4, 0.5) is 0 Å². The summed E-state index contributed by atoms with van der Waals surface area (Å²) in [4.78, 5) is 36.3. The van der Waals surface area contributed by atoms with Crippen molar-refractivity contribution in [3.05, 3.63) is 34.7 Å². The molecule has 7 nitrogen and oxygen atoms in total. The Bertz CT molecular complexity index is 747. The highest BCUT2D eigenvalue weighted by Crippen LogP contribution is 2.33. The number of nitrogens with zero attached hydrogens (tertiary/aromatic N) is 1. The molecule has 1 saturated heterocycles. The second kappa shape index (κ2) is 7.45. The number of nitrogens with one attached hydrogen (secondary N) is 1. The highest BCUT2D eigenvalue weighted by molar-refractivity contribution is 8.26. The number of aromatic hydroxyl groups is 1. The second-order valence-corrected chi connectivity index (χ2v) is 6.63. The number of carbonyl (C=O) groups is 3. The van der Waals surface area contributed by atoms with E-state index in [-0.39, 0.29) is 21.5 Å². The first-order valence-corrected chi connectivity index (χ1v) is 8.07. The molecule has 1 unspecified atom stereocenters. The van der Waals surface area contributed by atoms with Crippen molar-refractivity contribution in [2.24, 2.45) is 0 Å². The number of amides is 2. The van der Waals surface area contributed by atoms with Crippen LogP contribution in [-0.4, -0.2) is 49.8 Å². The zero-order chi connectivity index (χ0) is 17.9. The van der Waals surface area contributed by atoms with Crippen molar-refractivity contribution in [3.8, 4) is 5.75 Å². The zero-order valence-corrected chi connectivity index (χ0v) is 14.2. The van der Waals surface area contributed by atoms with Gasteiger partial charge < -0.3 is 15.5 Å². The summed E-state index contributed by atoms with van der Waals surface area (Å²) in [6.07, 6.45) is 1.49. The summed E-state index contributed by atoms with van der Waals surface area (Å²) in [6, 6.07) is 5.45. The zero-order valence-electron chi connectivity index (χ0n) is 12.6. The maximum absolute atomic E-state index is 12.4. The fraction of sp³-hybridized carbons (Fsp3) is 0.200. The molecule has 0 aliphatic carbocycles. The topological polar surface area (TPSA) is 107 Å². The minimum absolute atomic E-state index is 0.0239. The van der Waals surface area contributed by atoms with Crippen LogP contribution >= 0.6 is 24.0 Å². The van der Waals surface area contributed by atoms with E-state index in [1.54, 1.807) is 18.2 Å². The first kappa shape index (κ1) is 18.0. The molecule has 1 aromatic rings. The number of thioether (sulfide) groups is 1. The summed E-state index contributed by atoms with van der Waals surface area (Å²) in [5, 5.41) is 20.8. The Morgan fingerprint density at radius 3 is 2.71 bits per heavy atom. The second-order valence-electron chi connectivity index (χ2n) is 4.95. The van der Waals surface area contributed by atoms with E-state index in [1.807, 2.05) is 0 Å². The number of thiocarbonyl (C=S) groups is 1. The van der Waals surface area contributed by atoms with Crippen molar-refractivity contribution in [3.63, 3.8) is 0 Å². The molecule has 0 saturated carbocycles. The Morgan fingerprint density at radius 1 is 1.42 bits per heavy atom. The molecule has 1 aliphatic heterocycles. The Balaban J connectivity index is 2.10. The molecule has 1 aliphatic rings. The molecule has 1 fully saturated rings. The Kier molecular flexibility index (Phi) is 5.58. The van der Waals surface area contributed by atoms with Gasteiger partial charge in [-0.2, -0.15) is 0 Å². The monoisotopic (exact) mass is 366 g/mol. The van der Waals surface area contributed by atoms with Gasteiger partial charge in [-0.05, 0) is 19.1 Å². The van der Waals surface area contributed by atoms with E-state index >= 15 is 0 Å². The molecule has 1 heterocycles. The lowest BCUT2D eigenvalue weighted by Gasteiger charge is -2.15. The Morgan fingerprint density at radius 2 is 2.08 bits per heavy atom. The van der Waals surface area contributed by atoms with Crippen molar-refractivity contribution >= 4 is 52.2 Å². The van der Waals surface area contributed by atoms with Crippen molar-refractivity contribution < 1.29 is 24.6 Å². The number of phenols is 1. The van der Waals surface area contributed by atoms with Gasteiger partial charge in [-0.25, -0.2) is 0 Å². The van der Waals surface area contributed by atoms with E-state index in [4.69, 9.17) is 17.3 Å². The molecule has 1 aromatic carbocycles. The van der Waals surface area contributed by atoms with Crippen LogP contribution < -0.4 is 5.32 Å². The summed E-state index contributed by atoms with van der Waals surface area (Å²) in [5.74, 6) is -2.24. The number of hydrogen-bond donors (Lipinski definition) is 3. The van der Waals surface area contributed by atoms with E-state index in [9.17, 15) is 19.5 Å². The summed E-state index contributed by atoms with van der Waals surface area (Å²) in [7, 11) is 0. The molecule has 2 rings (SSSR count). The van der Waals surface area contributed by atoms with Crippen LogP contribution in [0.25, 0.3) is 6.08 Å². The minimum Gasteiger partial charge on any atom is -0.507 e. The first-order chi connectivity index (χ1) is 11.3. The van der Waals surface area contributed by atoms with Gasteiger partial charge >= 0.3 is 5.97 Å². The third kappa shape index (κ3) is 4.12. The van der Waals surface area contributed by atoms with Crippen molar-refractivity contribution in [2.75, 3.05) is 6.54 Å². The third-order valence-corrected chi connectivity index (χ3v) is 4.52. The van der Waals surface area contributed by atoms with E-state index < -0.39 is 23.8 Å². The maximum atomic E-state index is 12.4. The summed E-state index contributed by atoms with van der Waals surface area (Å²) >= 11 is 6.11. The van der Waals surface area contributed by atoms with Crippen molar-refractivity contribution in [1.29, 1.82) is 0 Å². The fourth-order valence-corrected chi connectivity index (χ4v) is 3.13. The van der Waals surface area contributed by atoms with Gasteiger partial charge in [0.05, 0.1) is 4.91 Å². The normalized spacial score (nSPS) is 17.2. The molecule has 3 N–H and O–H groups in total. The van der Waals surface area contributed by atoms with E-state index in [2.05, 4.69) is 5.32 Å². The van der Waals surface area contributed by atoms with Gasteiger partial charge in [0, 0.05) is 5.56 Å². The largest absolute Gasteiger partial charge is 0.507 e. The van der Waals surface area contributed by atoms with Crippen molar-refractivity contribution in [1.82, 2.24) is 10.2 Å². The number of rotatable bonds is 5. The molecule has 2 amide bonds. The first-order valence-electron chi connectivity index (χ1n) is 6.85. The smallest absolute Gasteiger partial charge is 0.325 e. The molecular formula is C15H14N2O5S2. The number of carboxylic acids is 1. The minimum atomic E-state index is -1.17. The van der Waals surface area contributed by atoms with Gasteiger partial charge in [-0.1, -0.05) is 42.2 Å². The standard InChI is InChI=1S/C15H14N2O5S2/c1-8(14(21)22)16-12(19)7-17-13(20)11(24-15(17)23)6-9-4-2-3-5-10(9)18/h2-6,8,18H,7H2,1H3,(H,16,19)(H,21,22)/b11-6-. The number of benzene rings is 1. The summed E-state index contributed by atoms with van der Waals surface area (Å²) in [6.45, 7) is 0.961. The van der Waals surface area contributed by atoms with Gasteiger partial charge in [0.25, 0.3) is 5.91 Å². The van der Waals surface area contributed by atoms with Gasteiger partial charge in [0.15, 0.2) is 0 Å². The predicted octanol–water partition coefficient (Wildman–Crippen LogP) is 1.18. The van der Waals surface area contributed by atoms with Gasteiger partial charge in [0.1, 0.15) is 22.7 Å². The lowest BCUT2D eigenvalue weighted by atomic mass is 10.2. The van der Waals surface area contributed by atoms with Crippen LogP contribution in [0, 0.1) is 0 Å². The van der Waals surface area contributed by atoms with Gasteiger partial charge in [0.2, 0.25) is 5.91 Å². The lowest BCUT2D eigenvalue weighted by Crippen LogP contribution is -2.45. The molecule has 9 heteroatoms. The molecule has 0 bridgehead atoms. The molecule has 126 valence electrons. The number of para-hydroxylation sites is 1. The van der Waals surface area contributed by atoms with E-state index in [0.717, 1.165) is 16.7 Å². The maximum Gasteiger partial charge on any atom is 0.325 e. The molecule has 1 atom stereocenters. The average molecular weight is 366 g/mol. The number of hydrogen-bond acceptors (Lipinski definition) is 6. The summed E-state index contributed by atoms with van der Waals surface area (Å²) in [5.41, 5.74) is 0.460. The number of phenolic OH excluding ortho intramolecular Hbond substituents is 1. The van der Waals surface area contributed by atoms with Crippen LogP contribution in [-0.2, 0) is 14.4 Å². The Hall–Kier alpha value is -2.39. The fourth-order valence-electron chi connectivity index (χ4n) is 1.88. The van der Waals surface area contributed by atoms with Crippen LogP contribution in [0.1, 0.15) is 12.5 Å². The van der Waals surface area contributed by atoms with E-state index in [0.29, 0.717) is 5.56 Å². The summed E-state index contributed by atoms with van der Waals surface area (Å²) < 4.78 is 0.194. The number of carboxylic acid groups (broad SMARTS) is 1. The van der Waals surface area contributed by atoms with Gasteiger partial charge in [-0.3, -0.25) is 19.3 Å². The number of carbonyl (C=O) groups excluding carboxylic acids is 2. The highest BCUT2D eigenvalue weighted by atomic mass is 32.2.